The molecule has 28 heavy (non-hydrogen) atoms. The van der Waals surface area contributed by atoms with Crippen molar-refractivity contribution in [1.29, 1.82) is 0 Å². The van der Waals surface area contributed by atoms with Gasteiger partial charge in [0.15, 0.2) is 11.5 Å². The van der Waals surface area contributed by atoms with Crippen molar-refractivity contribution in [3.63, 3.8) is 0 Å². The summed E-state index contributed by atoms with van der Waals surface area (Å²) in [6, 6.07) is 15.4. The van der Waals surface area contributed by atoms with Gasteiger partial charge in [-0.1, -0.05) is 30.3 Å². The highest BCUT2D eigenvalue weighted by atomic mass is 16.5. The minimum atomic E-state index is -0.114. The molecule has 1 heterocycles. The van der Waals surface area contributed by atoms with E-state index in [9.17, 15) is 4.79 Å². The molecule has 0 saturated carbocycles. The molecule has 3 rings (SSSR count). The maximum Gasteiger partial charge on any atom is 0.246 e. The predicted molar refractivity (Wildman–Crippen MR) is 109 cm³/mol. The lowest BCUT2D eigenvalue weighted by Crippen LogP contribution is -2.23. The van der Waals surface area contributed by atoms with E-state index in [2.05, 4.69) is 5.10 Å². The van der Waals surface area contributed by atoms with Gasteiger partial charge >= 0.3 is 0 Å². The fourth-order valence-corrected chi connectivity index (χ4v) is 2.85. The van der Waals surface area contributed by atoms with Crippen LogP contribution in [0.5, 0.6) is 11.5 Å². The van der Waals surface area contributed by atoms with Gasteiger partial charge in [-0.05, 0) is 24.3 Å². The average molecular weight is 377 g/mol. The first-order valence-electron chi connectivity index (χ1n) is 8.85. The fourth-order valence-electron chi connectivity index (χ4n) is 2.85. The van der Waals surface area contributed by atoms with Crippen LogP contribution in [0.4, 0.5) is 0 Å². The van der Waals surface area contributed by atoms with Crippen LogP contribution < -0.4 is 9.47 Å². The molecule has 0 bridgehead atoms. The van der Waals surface area contributed by atoms with Gasteiger partial charge in [-0.15, -0.1) is 0 Å². The highest BCUT2D eigenvalue weighted by Gasteiger charge is 2.10. The summed E-state index contributed by atoms with van der Waals surface area (Å²) in [6.07, 6.45) is 6.95. The second-order valence-corrected chi connectivity index (χ2v) is 6.24. The molecule has 0 atom stereocenters. The van der Waals surface area contributed by atoms with E-state index in [1.165, 1.54) is 6.08 Å². The monoisotopic (exact) mass is 377 g/mol. The topological polar surface area (TPSA) is 56.6 Å². The van der Waals surface area contributed by atoms with Gasteiger partial charge in [0.1, 0.15) is 0 Å². The van der Waals surface area contributed by atoms with Crippen molar-refractivity contribution < 1.29 is 14.3 Å². The van der Waals surface area contributed by atoms with Crippen LogP contribution in [0, 0.1) is 0 Å². The van der Waals surface area contributed by atoms with E-state index in [1.54, 1.807) is 43.1 Å². The lowest BCUT2D eigenvalue weighted by atomic mass is 10.1. The Bertz CT molecular complexity index is 964. The van der Waals surface area contributed by atoms with Crippen LogP contribution in [-0.4, -0.2) is 41.9 Å². The summed E-state index contributed by atoms with van der Waals surface area (Å²) in [5.41, 5.74) is 2.71. The average Bonchev–Trinajstić information content (AvgIpc) is 3.20. The summed E-state index contributed by atoms with van der Waals surface area (Å²) >= 11 is 0. The molecule has 6 nitrogen and oxygen atoms in total. The molecule has 0 N–H and O–H groups in total. The minimum absolute atomic E-state index is 0.114. The second kappa shape index (κ2) is 8.90. The maximum atomic E-state index is 12.5. The highest BCUT2D eigenvalue weighted by Crippen LogP contribution is 2.31. The lowest BCUT2D eigenvalue weighted by Gasteiger charge is -2.14. The molecule has 0 spiro atoms. The van der Waals surface area contributed by atoms with Crippen LogP contribution in [0.1, 0.15) is 11.1 Å². The van der Waals surface area contributed by atoms with E-state index in [0.29, 0.717) is 18.0 Å². The zero-order valence-corrected chi connectivity index (χ0v) is 16.2. The van der Waals surface area contributed by atoms with Crippen molar-refractivity contribution in [2.75, 3.05) is 21.3 Å². The van der Waals surface area contributed by atoms with Gasteiger partial charge in [0.25, 0.3) is 0 Å². The van der Waals surface area contributed by atoms with E-state index >= 15 is 0 Å². The Balaban J connectivity index is 1.67. The maximum absolute atomic E-state index is 12.5. The quantitative estimate of drug-likeness (QED) is 0.591. The molecule has 0 radical (unpaired) electrons. The molecule has 6 heteroatoms. The Morgan fingerprint density at radius 3 is 2.61 bits per heavy atom. The number of hydrogen-bond acceptors (Lipinski definition) is 4. The molecule has 3 aromatic rings. The summed E-state index contributed by atoms with van der Waals surface area (Å²) in [6.45, 7) is 0.464. The Morgan fingerprint density at radius 1 is 1.11 bits per heavy atom. The van der Waals surface area contributed by atoms with E-state index in [-0.39, 0.29) is 5.91 Å². The number of hydrogen-bond donors (Lipinski definition) is 0. The van der Waals surface area contributed by atoms with E-state index in [4.69, 9.17) is 9.47 Å². The Labute approximate surface area is 164 Å². The van der Waals surface area contributed by atoms with Crippen LogP contribution in [0.2, 0.25) is 0 Å². The first kappa shape index (κ1) is 19.2. The molecule has 2 aromatic carbocycles. The lowest BCUT2D eigenvalue weighted by molar-refractivity contribution is -0.125. The van der Waals surface area contributed by atoms with Crippen LogP contribution >= 0.6 is 0 Å². The predicted octanol–water partition coefficient (Wildman–Crippen LogP) is 3.56. The van der Waals surface area contributed by atoms with E-state index in [0.717, 1.165) is 16.8 Å². The number of rotatable bonds is 7. The van der Waals surface area contributed by atoms with E-state index in [1.807, 2.05) is 54.7 Å². The Kier molecular flexibility index (Phi) is 6.11. The molecular formula is C22H23N3O3. The number of benzene rings is 2. The molecule has 0 aliphatic carbocycles. The molecule has 0 fully saturated rings. The first-order valence-corrected chi connectivity index (χ1v) is 8.85. The van der Waals surface area contributed by atoms with Gasteiger partial charge in [-0.2, -0.15) is 5.10 Å². The summed E-state index contributed by atoms with van der Waals surface area (Å²) in [4.78, 5) is 14.1. The molecular weight excluding hydrogens is 354 g/mol. The third-order valence-corrected chi connectivity index (χ3v) is 4.29. The Hall–Kier alpha value is -3.54. The van der Waals surface area contributed by atoms with Crippen LogP contribution in [0.3, 0.4) is 0 Å². The summed E-state index contributed by atoms with van der Waals surface area (Å²) < 4.78 is 12.5. The van der Waals surface area contributed by atoms with Gasteiger partial charge in [0.05, 0.1) is 26.1 Å². The SMILES string of the molecule is COc1cccc(/C=C/C(=O)N(C)Cc2cnn(-c3ccccc3)c2)c1OC. The van der Waals surface area contributed by atoms with Crippen LogP contribution in [0.25, 0.3) is 11.8 Å². The van der Waals surface area contributed by atoms with Crippen molar-refractivity contribution >= 4 is 12.0 Å². The molecule has 1 aromatic heterocycles. The number of methoxy groups -OCH3 is 2. The van der Waals surface area contributed by atoms with Crippen LogP contribution in [0.15, 0.2) is 67.0 Å². The summed E-state index contributed by atoms with van der Waals surface area (Å²) in [5, 5.41) is 4.36. The molecule has 144 valence electrons. The van der Waals surface area contributed by atoms with Gasteiger partial charge in [0, 0.05) is 37.0 Å². The normalized spacial score (nSPS) is 10.8. The number of para-hydroxylation sites is 2. The number of carbonyl (C=O) groups is 1. The van der Waals surface area contributed by atoms with Crippen molar-refractivity contribution in [2.24, 2.45) is 0 Å². The van der Waals surface area contributed by atoms with Crippen molar-refractivity contribution in [3.8, 4) is 17.2 Å². The summed E-state index contributed by atoms with van der Waals surface area (Å²) in [7, 11) is 4.92. The number of amides is 1. The highest BCUT2D eigenvalue weighted by molar-refractivity contribution is 5.92. The van der Waals surface area contributed by atoms with Crippen molar-refractivity contribution in [1.82, 2.24) is 14.7 Å². The van der Waals surface area contributed by atoms with Gasteiger partial charge in [-0.3, -0.25) is 4.79 Å². The third-order valence-electron chi connectivity index (χ3n) is 4.29. The molecule has 0 unspecified atom stereocenters. The van der Waals surface area contributed by atoms with Gasteiger partial charge < -0.3 is 14.4 Å². The molecule has 0 aliphatic heterocycles. The smallest absolute Gasteiger partial charge is 0.246 e. The second-order valence-electron chi connectivity index (χ2n) is 6.24. The van der Waals surface area contributed by atoms with Crippen molar-refractivity contribution in [3.05, 3.63) is 78.1 Å². The molecule has 1 amide bonds. The largest absolute Gasteiger partial charge is 0.493 e. The number of likely N-dealkylation sites (N-methyl/N-ethyl adjacent to an activating group) is 1. The number of ether oxygens (including phenoxy) is 2. The standard InChI is InChI=1S/C22H23N3O3/c1-24(15-17-14-23-25(16-17)19-9-5-4-6-10-19)21(26)13-12-18-8-7-11-20(27-2)22(18)28-3/h4-14,16H,15H2,1-3H3/b13-12+. The van der Waals surface area contributed by atoms with Crippen molar-refractivity contribution in [2.45, 2.75) is 6.54 Å². The summed E-state index contributed by atoms with van der Waals surface area (Å²) in [5.74, 6) is 1.11. The van der Waals surface area contributed by atoms with Gasteiger partial charge in [-0.25, -0.2) is 4.68 Å². The van der Waals surface area contributed by atoms with Gasteiger partial charge in [0.2, 0.25) is 5.91 Å². The zero-order chi connectivity index (χ0) is 19.9. The minimum Gasteiger partial charge on any atom is -0.493 e. The zero-order valence-electron chi connectivity index (χ0n) is 16.2. The number of nitrogens with zero attached hydrogens (tertiary/aromatic N) is 3. The first-order chi connectivity index (χ1) is 13.6. The molecule has 0 aliphatic rings. The van der Waals surface area contributed by atoms with E-state index < -0.39 is 0 Å². The number of aromatic nitrogens is 2. The van der Waals surface area contributed by atoms with Crippen LogP contribution in [-0.2, 0) is 11.3 Å². The molecule has 0 saturated heterocycles. The third kappa shape index (κ3) is 4.40. The number of carbonyl (C=O) groups excluding carboxylic acids is 1. The Morgan fingerprint density at radius 2 is 1.89 bits per heavy atom. The fraction of sp³-hybridized carbons (Fsp3) is 0.182.